The van der Waals surface area contributed by atoms with Crippen LogP contribution in [-0.4, -0.2) is 29.9 Å². The molecule has 1 atom stereocenters. The molecule has 1 aromatic rings. The number of ether oxygens (including phenoxy) is 2. The van der Waals surface area contributed by atoms with Crippen molar-refractivity contribution in [3.05, 3.63) is 17.7 Å². The van der Waals surface area contributed by atoms with Gasteiger partial charge in [0.25, 0.3) is 0 Å². The van der Waals surface area contributed by atoms with Crippen LogP contribution in [0.25, 0.3) is 0 Å². The van der Waals surface area contributed by atoms with Crippen LogP contribution in [0.3, 0.4) is 0 Å². The first-order valence-corrected chi connectivity index (χ1v) is 7.10. The van der Waals surface area contributed by atoms with Crippen molar-refractivity contribution in [1.29, 1.82) is 0 Å². The summed E-state index contributed by atoms with van der Waals surface area (Å²) in [6, 6.07) is 3.57. The van der Waals surface area contributed by atoms with Gasteiger partial charge >= 0.3 is 0 Å². The van der Waals surface area contributed by atoms with E-state index < -0.39 is 0 Å². The molecular weight excluding hydrogens is 242 g/mol. The molecule has 0 radical (unpaired) electrons. The molecule has 2 aliphatic rings. The van der Waals surface area contributed by atoms with Crippen molar-refractivity contribution < 1.29 is 14.6 Å². The Morgan fingerprint density at radius 1 is 1.32 bits per heavy atom. The van der Waals surface area contributed by atoms with Gasteiger partial charge in [0.1, 0.15) is 5.75 Å². The van der Waals surface area contributed by atoms with Gasteiger partial charge in [-0.15, -0.1) is 0 Å². The van der Waals surface area contributed by atoms with E-state index in [2.05, 4.69) is 11.8 Å². The number of phenols is 1. The molecule has 1 saturated heterocycles. The van der Waals surface area contributed by atoms with E-state index in [0.717, 1.165) is 36.9 Å². The van der Waals surface area contributed by atoms with Gasteiger partial charge in [-0.2, -0.15) is 0 Å². The van der Waals surface area contributed by atoms with Gasteiger partial charge in [0.05, 0.1) is 0 Å². The Morgan fingerprint density at radius 3 is 2.89 bits per heavy atom. The molecule has 2 heterocycles. The van der Waals surface area contributed by atoms with Crippen LogP contribution in [0, 0.1) is 5.92 Å². The lowest BCUT2D eigenvalue weighted by Gasteiger charge is -2.17. The largest absolute Gasteiger partial charge is 0.507 e. The minimum Gasteiger partial charge on any atom is -0.507 e. The second kappa shape index (κ2) is 5.29. The summed E-state index contributed by atoms with van der Waals surface area (Å²) >= 11 is 0. The number of hydrogen-bond acceptors (Lipinski definition) is 4. The van der Waals surface area contributed by atoms with Gasteiger partial charge in [-0.05, 0) is 31.4 Å². The van der Waals surface area contributed by atoms with Gasteiger partial charge in [-0.3, -0.25) is 4.90 Å². The number of phenolic OH excluding ortho intramolecular Hbond substituents is 1. The van der Waals surface area contributed by atoms with Crippen LogP contribution in [0.5, 0.6) is 17.2 Å². The summed E-state index contributed by atoms with van der Waals surface area (Å²) in [7, 11) is 0. The molecule has 104 valence electrons. The van der Waals surface area contributed by atoms with E-state index in [1.807, 2.05) is 6.07 Å². The zero-order valence-electron chi connectivity index (χ0n) is 11.4. The summed E-state index contributed by atoms with van der Waals surface area (Å²) in [5.74, 6) is 2.52. The molecule has 0 amide bonds. The Balaban J connectivity index is 1.67. The lowest BCUT2D eigenvalue weighted by Crippen LogP contribution is -2.20. The Bertz CT molecular complexity index is 461. The van der Waals surface area contributed by atoms with Crippen LogP contribution in [0.15, 0.2) is 12.1 Å². The predicted octanol–water partition coefficient (Wildman–Crippen LogP) is 2.74. The first-order chi connectivity index (χ1) is 9.26. The molecule has 0 spiro atoms. The maximum absolute atomic E-state index is 10.0. The van der Waals surface area contributed by atoms with Crippen molar-refractivity contribution in [2.45, 2.75) is 32.7 Å². The summed E-state index contributed by atoms with van der Waals surface area (Å²) in [6.07, 6.45) is 3.84. The summed E-state index contributed by atoms with van der Waals surface area (Å²) in [4.78, 5) is 2.41. The number of nitrogens with zero attached hydrogens (tertiary/aromatic N) is 1. The number of benzene rings is 1. The van der Waals surface area contributed by atoms with Crippen molar-refractivity contribution >= 4 is 0 Å². The van der Waals surface area contributed by atoms with Crippen molar-refractivity contribution in [2.75, 3.05) is 19.9 Å². The molecule has 0 aromatic heterocycles. The molecule has 0 aliphatic carbocycles. The van der Waals surface area contributed by atoms with Crippen LogP contribution in [0.4, 0.5) is 0 Å². The first-order valence-electron chi connectivity index (χ1n) is 7.10. The molecule has 4 heteroatoms. The van der Waals surface area contributed by atoms with Crippen LogP contribution < -0.4 is 9.47 Å². The molecule has 1 unspecified atom stereocenters. The Hall–Kier alpha value is -1.42. The van der Waals surface area contributed by atoms with Gasteiger partial charge in [0.15, 0.2) is 11.5 Å². The van der Waals surface area contributed by atoms with E-state index in [0.29, 0.717) is 11.5 Å². The van der Waals surface area contributed by atoms with Crippen molar-refractivity contribution in [3.8, 4) is 17.2 Å². The third-order valence-electron chi connectivity index (χ3n) is 4.03. The lowest BCUT2D eigenvalue weighted by atomic mass is 10.0. The van der Waals surface area contributed by atoms with E-state index >= 15 is 0 Å². The minimum absolute atomic E-state index is 0.251. The Morgan fingerprint density at radius 2 is 2.11 bits per heavy atom. The Labute approximate surface area is 113 Å². The van der Waals surface area contributed by atoms with E-state index in [1.165, 1.54) is 19.3 Å². The average Bonchev–Trinajstić information content (AvgIpc) is 2.99. The fourth-order valence-electron chi connectivity index (χ4n) is 3.04. The van der Waals surface area contributed by atoms with E-state index in [-0.39, 0.29) is 6.79 Å². The standard InChI is InChI=1S/C15H21NO3/c1-2-3-11-4-5-16(8-11)9-12-6-14-15(7-13(12)17)19-10-18-14/h6-7,11,17H,2-5,8-10H2,1H3. The summed E-state index contributed by atoms with van der Waals surface area (Å²) in [5, 5.41) is 10.0. The maximum atomic E-state index is 10.0. The quantitative estimate of drug-likeness (QED) is 0.907. The van der Waals surface area contributed by atoms with E-state index in [4.69, 9.17) is 9.47 Å². The SMILES string of the molecule is CCCC1CCN(Cc2cc3c(cc2O)OCO3)C1. The smallest absolute Gasteiger partial charge is 0.231 e. The van der Waals surface area contributed by atoms with E-state index in [9.17, 15) is 5.11 Å². The third-order valence-corrected chi connectivity index (χ3v) is 4.03. The number of hydrogen-bond donors (Lipinski definition) is 1. The van der Waals surface area contributed by atoms with Crippen LogP contribution >= 0.6 is 0 Å². The number of rotatable bonds is 4. The molecule has 3 rings (SSSR count). The van der Waals surface area contributed by atoms with E-state index in [1.54, 1.807) is 6.07 Å². The topological polar surface area (TPSA) is 41.9 Å². The third kappa shape index (κ3) is 2.63. The van der Waals surface area contributed by atoms with Gasteiger partial charge in [0, 0.05) is 24.7 Å². The van der Waals surface area contributed by atoms with Gasteiger partial charge in [0.2, 0.25) is 6.79 Å². The summed E-state index contributed by atoms with van der Waals surface area (Å²) in [5.41, 5.74) is 0.932. The highest BCUT2D eigenvalue weighted by Crippen LogP contribution is 2.38. The normalized spacial score (nSPS) is 22.1. The van der Waals surface area contributed by atoms with Crippen molar-refractivity contribution in [2.24, 2.45) is 5.92 Å². The highest BCUT2D eigenvalue weighted by atomic mass is 16.7. The van der Waals surface area contributed by atoms with Gasteiger partial charge in [-0.1, -0.05) is 13.3 Å². The summed E-state index contributed by atoms with van der Waals surface area (Å²) < 4.78 is 10.6. The second-order valence-corrected chi connectivity index (χ2v) is 5.51. The second-order valence-electron chi connectivity index (χ2n) is 5.51. The highest BCUT2D eigenvalue weighted by Gasteiger charge is 2.24. The van der Waals surface area contributed by atoms with Gasteiger partial charge in [-0.25, -0.2) is 0 Å². The molecule has 1 N–H and O–H groups in total. The molecule has 0 bridgehead atoms. The molecule has 1 fully saturated rings. The highest BCUT2D eigenvalue weighted by molar-refractivity contribution is 5.51. The zero-order chi connectivity index (χ0) is 13.2. The number of aromatic hydroxyl groups is 1. The minimum atomic E-state index is 0.251. The summed E-state index contributed by atoms with van der Waals surface area (Å²) in [6.45, 7) is 5.55. The fraction of sp³-hybridized carbons (Fsp3) is 0.600. The zero-order valence-corrected chi connectivity index (χ0v) is 11.4. The molecule has 1 aromatic carbocycles. The molecule has 2 aliphatic heterocycles. The fourth-order valence-corrected chi connectivity index (χ4v) is 3.04. The monoisotopic (exact) mass is 263 g/mol. The maximum Gasteiger partial charge on any atom is 0.231 e. The number of likely N-dealkylation sites (tertiary alicyclic amines) is 1. The van der Waals surface area contributed by atoms with Gasteiger partial charge < -0.3 is 14.6 Å². The molecule has 0 saturated carbocycles. The van der Waals surface area contributed by atoms with Crippen LogP contribution in [-0.2, 0) is 6.54 Å². The number of fused-ring (bicyclic) bond motifs is 1. The van der Waals surface area contributed by atoms with Crippen molar-refractivity contribution in [3.63, 3.8) is 0 Å². The lowest BCUT2D eigenvalue weighted by molar-refractivity contribution is 0.174. The average molecular weight is 263 g/mol. The molecular formula is C15H21NO3. The van der Waals surface area contributed by atoms with Crippen LogP contribution in [0.2, 0.25) is 0 Å². The predicted molar refractivity (Wildman–Crippen MR) is 72.5 cm³/mol. The van der Waals surface area contributed by atoms with Crippen molar-refractivity contribution in [1.82, 2.24) is 4.90 Å². The molecule has 19 heavy (non-hydrogen) atoms. The Kier molecular flexibility index (Phi) is 3.51. The van der Waals surface area contributed by atoms with Crippen LogP contribution in [0.1, 0.15) is 31.7 Å². The molecule has 4 nitrogen and oxygen atoms in total. The first kappa shape index (κ1) is 12.6.